The van der Waals surface area contributed by atoms with Gasteiger partial charge in [0.15, 0.2) is 0 Å². The van der Waals surface area contributed by atoms with Crippen LogP contribution in [0.4, 0.5) is 5.69 Å². The highest BCUT2D eigenvalue weighted by atomic mass is 79.9. The lowest BCUT2D eigenvalue weighted by atomic mass is 10.1. The van der Waals surface area contributed by atoms with E-state index in [0.717, 1.165) is 10.2 Å². The van der Waals surface area contributed by atoms with E-state index in [0.29, 0.717) is 17.7 Å². The van der Waals surface area contributed by atoms with Crippen LogP contribution in [-0.4, -0.2) is 24.0 Å². The van der Waals surface area contributed by atoms with Crippen molar-refractivity contribution in [1.29, 1.82) is 5.26 Å². The first-order valence-electron chi connectivity index (χ1n) is 5.33. The highest BCUT2D eigenvalue weighted by Gasteiger charge is 2.14. The number of hydrogen-bond donors (Lipinski definition) is 2. The molecule has 0 aliphatic carbocycles. The van der Waals surface area contributed by atoms with Gasteiger partial charge in [-0.1, -0.05) is 15.9 Å². The van der Waals surface area contributed by atoms with Gasteiger partial charge >= 0.3 is 0 Å². The number of nitriles is 1. The molecule has 0 aliphatic heterocycles. The second-order valence-corrected chi connectivity index (χ2v) is 5.58. The van der Waals surface area contributed by atoms with Crippen LogP contribution < -0.4 is 11.1 Å². The maximum atomic E-state index is 11.8. The minimum atomic E-state index is -0.553. The lowest BCUT2D eigenvalue weighted by Gasteiger charge is -2.12. The molecule has 0 unspecified atom stereocenters. The number of rotatable bonds is 5. The summed E-state index contributed by atoms with van der Waals surface area (Å²) in [6.07, 6.45) is 2.58. The van der Waals surface area contributed by atoms with Crippen molar-refractivity contribution >= 4 is 39.3 Å². The lowest BCUT2D eigenvalue weighted by Crippen LogP contribution is -2.36. The highest BCUT2D eigenvalue weighted by Crippen LogP contribution is 2.21. The van der Waals surface area contributed by atoms with Crippen molar-refractivity contribution in [2.75, 3.05) is 17.3 Å². The summed E-state index contributed by atoms with van der Waals surface area (Å²) >= 11 is 4.94. The number of nitrogens with zero attached hydrogens (tertiary/aromatic N) is 1. The molecule has 1 rings (SSSR count). The Bertz CT molecular complexity index is 473. The van der Waals surface area contributed by atoms with Gasteiger partial charge in [0.2, 0.25) is 5.91 Å². The Kier molecular flexibility index (Phi) is 6.19. The van der Waals surface area contributed by atoms with Crippen LogP contribution in [0.3, 0.4) is 0 Å². The van der Waals surface area contributed by atoms with E-state index in [-0.39, 0.29) is 5.91 Å². The molecule has 0 fully saturated rings. The van der Waals surface area contributed by atoms with Crippen molar-refractivity contribution in [1.82, 2.24) is 0 Å². The van der Waals surface area contributed by atoms with Gasteiger partial charge in [-0.15, -0.1) is 0 Å². The first-order chi connectivity index (χ1) is 8.58. The fourth-order valence-corrected chi connectivity index (χ4v) is 2.17. The summed E-state index contributed by atoms with van der Waals surface area (Å²) in [6, 6.07) is 6.57. The summed E-state index contributed by atoms with van der Waals surface area (Å²) in [4.78, 5) is 11.8. The predicted octanol–water partition coefficient (Wildman–Crippen LogP) is 2.34. The summed E-state index contributed by atoms with van der Waals surface area (Å²) < 4.78 is 0.800. The Morgan fingerprint density at radius 1 is 1.67 bits per heavy atom. The second kappa shape index (κ2) is 7.41. The van der Waals surface area contributed by atoms with Crippen LogP contribution in [-0.2, 0) is 4.79 Å². The van der Waals surface area contributed by atoms with Gasteiger partial charge in [0.25, 0.3) is 0 Å². The summed E-state index contributed by atoms with van der Waals surface area (Å²) in [6.45, 7) is 0. The number of carbonyl (C=O) groups is 1. The van der Waals surface area contributed by atoms with Crippen molar-refractivity contribution in [3.05, 3.63) is 28.2 Å². The highest BCUT2D eigenvalue weighted by molar-refractivity contribution is 9.10. The van der Waals surface area contributed by atoms with Crippen LogP contribution in [0.25, 0.3) is 0 Å². The Labute approximate surface area is 119 Å². The molecule has 1 amide bonds. The van der Waals surface area contributed by atoms with E-state index < -0.39 is 6.04 Å². The van der Waals surface area contributed by atoms with Crippen molar-refractivity contribution in [3.63, 3.8) is 0 Å². The molecule has 0 heterocycles. The first kappa shape index (κ1) is 15.0. The van der Waals surface area contributed by atoms with E-state index in [4.69, 9.17) is 11.0 Å². The standard InChI is InChI=1S/C12H14BrN3OS/c1-18-5-4-10(15)12(17)16-11-6-9(13)3-2-8(11)7-14/h2-3,6,10H,4-5,15H2,1H3,(H,16,17)/t10-/m1/s1. The van der Waals surface area contributed by atoms with Crippen molar-refractivity contribution in [3.8, 4) is 6.07 Å². The van der Waals surface area contributed by atoms with E-state index in [1.54, 1.807) is 30.0 Å². The predicted molar refractivity (Wildman–Crippen MR) is 78.5 cm³/mol. The van der Waals surface area contributed by atoms with Gasteiger partial charge in [-0.2, -0.15) is 17.0 Å². The maximum absolute atomic E-state index is 11.8. The quantitative estimate of drug-likeness (QED) is 0.869. The number of halogens is 1. The van der Waals surface area contributed by atoms with E-state index in [1.807, 2.05) is 12.3 Å². The molecule has 0 saturated heterocycles. The summed E-state index contributed by atoms with van der Waals surface area (Å²) in [5.74, 6) is 0.566. The fourth-order valence-electron chi connectivity index (χ4n) is 1.32. The van der Waals surface area contributed by atoms with E-state index in [1.165, 1.54) is 0 Å². The summed E-state index contributed by atoms with van der Waals surface area (Å²) in [7, 11) is 0. The van der Waals surface area contributed by atoms with Gasteiger partial charge in [0.05, 0.1) is 17.3 Å². The van der Waals surface area contributed by atoms with Crippen molar-refractivity contribution in [2.45, 2.75) is 12.5 Å². The molecular weight excluding hydrogens is 314 g/mol. The molecule has 1 atom stereocenters. The molecule has 0 bridgehead atoms. The Hall–Kier alpha value is -1.03. The zero-order valence-electron chi connectivity index (χ0n) is 9.94. The minimum Gasteiger partial charge on any atom is -0.324 e. The number of benzene rings is 1. The van der Waals surface area contributed by atoms with Crippen LogP contribution in [0, 0.1) is 11.3 Å². The zero-order valence-corrected chi connectivity index (χ0v) is 12.3. The van der Waals surface area contributed by atoms with Gasteiger partial charge < -0.3 is 11.1 Å². The molecule has 6 heteroatoms. The number of carbonyl (C=O) groups excluding carboxylic acids is 1. The number of amides is 1. The molecule has 1 aromatic carbocycles. The molecule has 3 N–H and O–H groups in total. The molecule has 0 radical (unpaired) electrons. The van der Waals surface area contributed by atoms with E-state index >= 15 is 0 Å². The monoisotopic (exact) mass is 327 g/mol. The van der Waals surface area contributed by atoms with Gasteiger partial charge in [-0.05, 0) is 36.6 Å². The largest absolute Gasteiger partial charge is 0.324 e. The van der Waals surface area contributed by atoms with E-state index in [9.17, 15) is 4.79 Å². The molecule has 0 aromatic heterocycles. The molecule has 0 aliphatic rings. The summed E-state index contributed by atoms with van der Waals surface area (Å²) in [5, 5.41) is 11.6. The minimum absolute atomic E-state index is 0.265. The fraction of sp³-hybridized carbons (Fsp3) is 0.333. The van der Waals surface area contributed by atoms with Crippen LogP contribution in [0.1, 0.15) is 12.0 Å². The zero-order chi connectivity index (χ0) is 13.5. The molecule has 18 heavy (non-hydrogen) atoms. The SMILES string of the molecule is CSCC[C@@H](N)C(=O)Nc1cc(Br)ccc1C#N. The third-order valence-corrected chi connectivity index (χ3v) is 3.47. The average Bonchev–Trinajstić information content (AvgIpc) is 2.36. The molecule has 4 nitrogen and oxygen atoms in total. The van der Waals surface area contributed by atoms with Crippen LogP contribution in [0.2, 0.25) is 0 Å². The van der Waals surface area contributed by atoms with Crippen LogP contribution in [0.5, 0.6) is 0 Å². The lowest BCUT2D eigenvalue weighted by molar-refractivity contribution is -0.117. The third-order valence-electron chi connectivity index (χ3n) is 2.33. The molecule has 1 aromatic rings. The Morgan fingerprint density at radius 2 is 2.39 bits per heavy atom. The van der Waals surface area contributed by atoms with Crippen LogP contribution >= 0.6 is 27.7 Å². The van der Waals surface area contributed by atoms with Crippen molar-refractivity contribution in [2.24, 2.45) is 5.73 Å². The first-order valence-corrected chi connectivity index (χ1v) is 7.52. The Morgan fingerprint density at radius 3 is 3.00 bits per heavy atom. The van der Waals surface area contributed by atoms with Gasteiger partial charge in [0.1, 0.15) is 6.07 Å². The van der Waals surface area contributed by atoms with Crippen LogP contribution in [0.15, 0.2) is 22.7 Å². The maximum Gasteiger partial charge on any atom is 0.241 e. The van der Waals surface area contributed by atoms with Crippen molar-refractivity contribution < 1.29 is 4.79 Å². The molecule has 0 spiro atoms. The molecular formula is C12H14BrN3OS. The number of nitrogens with one attached hydrogen (secondary N) is 1. The normalized spacial score (nSPS) is 11.7. The van der Waals surface area contributed by atoms with Gasteiger partial charge in [-0.25, -0.2) is 0 Å². The van der Waals surface area contributed by atoms with Gasteiger partial charge in [0, 0.05) is 4.47 Å². The topological polar surface area (TPSA) is 78.9 Å². The number of nitrogens with two attached hydrogens (primary N) is 1. The number of hydrogen-bond acceptors (Lipinski definition) is 4. The molecule has 96 valence electrons. The number of thioether (sulfide) groups is 1. The molecule has 0 saturated carbocycles. The second-order valence-electron chi connectivity index (χ2n) is 3.68. The number of anilines is 1. The Balaban J connectivity index is 2.75. The summed E-state index contributed by atoms with van der Waals surface area (Å²) in [5.41, 5.74) is 6.66. The van der Waals surface area contributed by atoms with E-state index in [2.05, 4.69) is 21.2 Å². The smallest absolute Gasteiger partial charge is 0.241 e. The third kappa shape index (κ3) is 4.33. The average molecular weight is 328 g/mol. The van der Waals surface area contributed by atoms with Gasteiger partial charge in [-0.3, -0.25) is 4.79 Å².